The second-order valence-electron chi connectivity index (χ2n) is 3.88. The molecule has 8 nitrogen and oxygen atoms in total. The number of hydrogen-bond donors (Lipinski definition) is 5. The lowest BCUT2D eigenvalue weighted by Gasteiger charge is -2.02. The fourth-order valence-corrected chi connectivity index (χ4v) is 1.40. The summed E-state index contributed by atoms with van der Waals surface area (Å²) in [4.78, 5) is 29.2. The van der Waals surface area contributed by atoms with Gasteiger partial charge in [0.1, 0.15) is 11.4 Å². The number of aromatic nitrogens is 1. The Morgan fingerprint density at radius 3 is 2.33 bits per heavy atom. The first-order valence-electron chi connectivity index (χ1n) is 5.86. The highest BCUT2D eigenvalue weighted by atomic mass is 35.5. The fourth-order valence-electron chi connectivity index (χ4n) is 1.40. The van der Waals surface area contributed by atoms with E-state index in [1.54, 1.807) is 0 Å². The standard InChI is InChI=1S/C11H18N6O2.2ClH/c12-5-1-2-6-15-9(18)7-3-4-8(16-7)10(19)17-11(13)14;;/h3-4,16H,1-2,5-6,12H2,(H,15,18)(H4,13,14,17,19);2*1H. The maximum Gasteiger partial charge on any atom is 0.296 e. The van der Waals surface area contributed by atoms with E-state index in [1.807, 2.05) is 0 Å². The highest BCUT2D eigenvalue weighted by Crippen LogP contribution is 2.03. The van der Waals surface area contributed by atoms with Gasteiger partial charge < -0.3 is 27.5 Å². The SMILES string of the molecule is Cl.Cl.NCCCCNC(=O)c1ccc(C(=O)N=C(N)N)[nH]1. The van der Waals surface area contributed by atoms with Gasteiger partial charge in [0.15, 0.2) is 5.96 Å². The minimum Gasteiger partial charge on any atom is -0.370 e. The zero-order valence-electron chi connectivity index (χ0n) is 11.3. The molecule has 0 saturated heterocycles. The van der Waals surface area contributed by atoms with Crippen LogP contribution in [0.2, 0.25) is 0 Å². The molecule has 0 bridgehead atoms. The number of carbonyl (C=O) groups excluding carboxylic acids is 2. The number of aliphatic imine (C=N–C) groups is 1. The maximum atomic E-state index is 11.7. The molecular formula is C11H20Cl2N6O2. The Bertz CT molecular complexity index is 485. The number of H-pyrrole nitrogens is 1. The average Bonchev–Trinajstić information content (AvgIpc) is 2.83. The van der Waals surface area contributed by atoms with Crippen LogP contribution in [0.15, 0.2) is 17.1 Å². The monoisotopic (exact) mass is 338 g/mol. The molecule has 1 heterocycles. The van der Waals surface area contributed by atoms with Gasteiger partial charge in [0.25, 0.3) is 11.8 Å². The van der Waals surface area contributed by atoms with Gasteiger partial charge in [0, 0.05) is 6.54 Å². The Kier molecular flexibility index (Phi) is 11.2. The molecule has 1 aromatic rings. The number of carbonyl (C=O) groups is 2. The van der Waals surface area contributed by atoms with Gasteiger partial charge >= 0.3 is 0 Å². The van der Waals surface area contributed by atoms with Crippen molar-refractivity contribution in [3.05, 3.63) is 23.5 Å². The van der Waals surface area contributed by atoms with E-state index in [-0.39, 0.29) is 48.1 Å². The van der Waals surface area contributed by atoms with Crippen molar-refractivity contribution >= 4 is 42.6 Å². The van der Waals surface area contributed by atoms with Gasteiger partial charge in [-0.2, -0.15) is 4.99 Å². The number of hydrogen-bond acceptors (Lipinski definition) is 3. The second kappa shape index (κ2) is 11.0. The number of nitrogens with two attached hydrogens (primary N) is 3. The third-order valence-electron chi connectivity index (χ3n) is 2.31. The number of aromatic amines is 1. The number of guanidine groups is 1. The van der Waals surface area contributed by atoms with Crippen molar-refractivity contribution in [1.82, 2.24) is 10.3 Å². The molecule has 8 N–H and O–H groups in total. The Morgan fingerprint density at radius 1 is 1.14 bits per heavy atom. The summed E-state index contributed by atoms with van der Waals surface area (Å²) in [5.74, 6) is -1.24. The summed E-state index contributed by atoms with van der Waals surface area (Å²) < 4.78 is 0. The Labute approximate surface area is 134 Å². The summed E-state index contributed by atoms with van der Waals surface area (Å²) >= 11 is 0. The van der Waals surface area contributed by atoms with E-state index in [2.05, 4.69) is 15.3 Å². The predicted octanol–water partition coefficient (Wildman–Crippen LogP) is -0.259. The highest BCUT2D eigenvalue weighted by Gasteiger charge is 2.11. The Hall–Kier alpha value is -1.77. The zero-order chi connectivity index (χ0) is 14.3. The third-order valence-corrected chi connectivity index (χ3v) is 2.31. The summed E-state index contributed by atoms with van der Waals surface area (Å²) in [6, 6.07) is 2.94. The van der Waals surface area contributed by atoms with Crippen molar-refractivity contribution in [2.24, 2.45) is 22.2 Å². The van der Waals surface area contributed by atoms with Gasteiger partial charge in [0.2, 0.25) is 0 Å². The topological polar surface area (TPSA) is 152 Å². The van der Waals surface area contributed by atoms with Crippen LogP contribution >= 0.6 is 24.8 Å². The molecule has 0 aliphatic rings. The summed E-state index contributed by atoms with van der Waals surface area (Å²) in [6.45, 7) is 1.13. The van der Waals surface area contributed by atoms with Crippen LogP contribution in [0.1, 0.15) is 33.8 Å². The van der Waals surface area contributed by atoms with E-state index in [0.717, 1.165) is 12.8 Å². The lowest BCUT2D eigenvalue weighted by atomic mass is 10.3. The summed E-state index contributed by atoms with van der Waals surface area (Å²) in [7, 11) is 0. The number of amides is 2. The van der Waals surface area contributed by atoms with Gasteiger partial charge in [-0.05, 0) is 31.5 Å². The quantitative estimate of drug-likeness (QED) is 0.275. The van der Waals surface area contributed by atoms with E-state index in [0.29, 0.717) is 13.1 Å². The molecule has 0 unspecified atom stereocenters. The van der Waals surface area contributed by atoms with Crippen molar-refractivity contribution in [1.29, 1.82) is 0 Å². The molecule has 0 radical (unpaired) electrons. The molecule has 1 rings (SSSR count). The van der Waals surface area contributed by atoms with Crippen LogP contribution in [0, 0.1) is 0 Å². The van der Waals surface area contributed by atoms with Gasteiger partial charge in [-0.3, -0.25) is 9.59 Å². The van der Waals surface area contributed by atoms with Gasteiger partial charge in [-0.25, -0.2) is 0 Å². The number of nitrogens with zero attached hydrogens (tertiary/aromatic N) is 1. The van der Waals surface area contributed by atoms with Crippen LogP contribution < -0.4 is 22.5 Å². The predicted molar refractivity (Wildman–Crippen MR) is 86.1 cm³/mol. The smallest absolute Gasteiger partial charge is 0.296 e. The summed E-state index contributed by atoms with van der Waals surface area (Å²) in [5.41, 5.74) is 16.0. The van der Waals surface area contributed by atoms with Gasteiger partial charge in [-0.1, -0.05) is 0 Å². The minimum absolute atomic E-state index is 0. The van der Waals surface area contributed by atoms with Crippen LogP contribution in [0.25, 0.3) is 0 Å². The highest BCUT2D eigenvalue weighted by molar-refractivity contribution is 6.02. The van der Waals surface area contributed by atoms with E-state index >= 15 is 0 Å². The van der Waals surface area contributed by atoms with Gasteiger partial charge in [0.05, 0.1) is 0 Å². The molecule has 2 amide bonds. The average molecular weight is 339 g/mol. The maximum absolute atomic E-state index is 11.7. The molecule has 0 fully saturated rings. The van der Waals surface area contributed by atoms with Crippen LogP contribution in [-0.2, 0) is 0 Å². The minimum atomic E-state index is -0.623. The lowest BCUT2D eigenvalue weighted by Crippen LogP contribution is -2.25. The second-order valence-corrected chi connectivity index (χ2v) is 3.88. The largest absolute Gasteiger partial charge is 0.370 e. The molecule has 1 aromatic heterocycles. The van der Waals surface area contributed by atoms with Crippen molar-refractivity contribution in [3.63, 3.8) is 0 Å². The Morgan fingerprint density at radius 2 is 1.76 bits per heavy atom. The first-order valence-corrected chi connectivity index (χ1v) is 5.86. The first kappa shape index (κ1) is 21.5. The van der Waals surface area contributed by atoms with Crippen LogP contribution in [-0.4, -0.2) is 35.8 Å². The van der Waals surface area contributed by atoms with Crippen molar-refractivity contribution in [3.8, 4) is 0 Å². The summed E-state index contributed by atoms with van der Waals surface area (Å²) in [6.07, 6.45) is 1.65. The Balaban J connectivity index is 0. The van der Waals surface area contributed by atoms with Crippen LogP contribution in [0.5, 0.6) is 0 Å². The van der Waals surface area contributed by atoms with E-state index in [9.17, 15) is 9.59 Å². The van der Waals surface area contributed by atoms with Crippen molar-refractivity contribution in [2.75, 3.05) is 13.1 Å². The number of halogens is 2. The first-order chi connectivity index (χ1) is 9.04. The third kappa shape index (κ3) is 7.54. The molecular weight excluding hydrogens is 319 g/mol. The zero-order valence-corrected chi connectivity index (χ0v) is 12.9. The van der Waals surface area contributed by atoms with E-state index in [1.165, 1.54) is 12.1 Å². The fraction of sp³-hybridized carbons (Fsp3) is 0.364. The lowest BCUT2D eigenvalue weighted by molar-refractivity contribution is 0.0948. The van der Waals surface area contributed by atoms with Crippen molar-refractivity contribution in [2.45, 2.75) is 12.8 Å². The molecule has 0 aliphatic carbocycles. The van der Waals surface area contributed by atoms with Crippen molar-refractivity contribution < 1.29 is 9.59 Å². The molecule has 0 saturated carbocycles. The molecule has 120 valence electrons. The van der Waals surface area contributed by atoms with Crippen LogP contribution in [0.4, 0.5) is 0 Å². The van der Waals surface area contributed by atoms with E-state index in [4.69, 9.17) is 17.2 Å². The van der Waals surface area contributed by atoms with Gasteiger partial charge in [-0.15, -0.1) is 24.8 Å². The molecule has 0 spiro atoms. The number of rotatable bonds is 6. The number of nitrogens with one attached hydrogen (secondary N) is 2. The number of unbranched alkanes of at least 4 members (excludes halogenated alkanes) is 1. The summed E-state index contributed by atoms with van der Waals surface area (Å²) in [5, 5.41) is 2.70. The molecule has 10 heteroatoms. The van der Waals surface area contributed by atoms with Crippen LogP contribution in [0.3, 0.4) is 0 Å². The molecule has 0 aliphatic heterocycles. The molecule has 0 atom stereocenters. The normalized spacial score (nSPS) is 9.00. The molecule has 21 heavy (non-hydrogen) atoms. The van der Waals surface area contributed by atoms with E-state index < -0.39 is 5.91 Å². The molecule has 0 aromatic carbocycles.